The largest absolute Gasteiger partial charge is 0.493 e. The van der Waals surface area contributed by atoms with E-state index in [9.17, 15) is 4.79 Å². The Morgan fingerprint density at radius 1 is 1.17 bits per heavy atom. The summed E-state index contributed by atoms with van der Waals surface area (Å²) in [6.07, 6.45) is 6.11. The van der Waals surface area contributed by atoms with Gasteiger partial charge in [-0.05, 0) is 49.9 Å². The molecule has 0 aliphatic carbocycles. The van der Waals surface area contributed by atoms with Gasteiger partial charge in [0.05, 0.1) is 38.7 Å². The Bertz CT molecular complexity index is 1040. The molecule has 8 heteroatoms. The summed E-state index contributed by atoms with van der Waals surface area (Å²) in [5.41, 5.74) is 2.85. The molecule has 0 bridgehead atoms. The van der Waals surface area contributed by atoms with Crippen LogP contribution in [0.5, 0.6) is 11.5 Å². The number of ether oxygens (including phenoxy) is 2. The predicted molar refractivity (Wildman–Crippen MR) is 145 cm³/mol. The fourth-order valence-electron chi connectivity index (χ4n) is 4.60. The van der Waals surface area contributed by atoms with Crippen LogP contribution in [0.2, 0.25) is 5.02 Å². The molecular weight excluding hydrogens is 476 g/mol. The van der Waals surface area contributed by atoms with Crippen molar-refractivity contribution in [3.8, 4) is 11.5 Å². The molecule has 0 radical (unpaired) electrons. The Kier molecular flexibility index (Phi) is 9.88. The number of anilines is 1. The zero-order chi connectivity index (χ0) is 26.2. The van der Waals surface area contributed by atoms with Crippen LogP contribution in [0.25, 0.3) is 0 Å². The lowest BCUT2D eigenvalue weighted by Gasteiger charge is -2.37. The molecule has 196 valence electrons. The molecule has 1 atom stereocenters. The van der Waals surface area contributed by atoms with Gasteiger partial charge in [-0.25, -0.2) is 0 Å². The third-order valence-corrected chi connectivity index (χ3v) is 6.90. The number of carbonyl (C=O) groups is 1. The molecule has 1 aliphatic heterocycles. The average Bonchev–Trinajstić information content (AvgIpc) is 3.22. The van der Waals surface area contributed by atoms with Crippen LogP contribution in [0, 0.1) is 5.92 Å². The molecule has 2 heterocycles. The van der Waals surface area contributed by atoms with Gasteiger partial charge in [0, 0.05) is 31.1 Å². The van der Waals surface area contributed by atoms with Crippen LogP contribution in [0.1, 0.15) is 52.7 Å². The van der Waals surface area contributed by atoms with Crippen LogP contribution in [-0.2, 0) is 11.3 Å². The minimum absolute atomic E-state index is 0.0385. The summed E-state index contributed by atoms with van der Waals surface area (Å²) in [5.74, 6) is 1.42. The number of amides is 1. The van der Waals surface area contributed by atoms with Crippen LogP contribution in [-0.4, -0.2) is 54.2 Å². The van der Waals surface area contributed by atoms with Crippen molar-refractivity contribution in [1.82, 2.24) is 14.8 Å². The number of rotatable bonds is 12. The van der Waals surface area contributed by atoms with Gasteiger partial charge < -0.3 is 24.2 Å². The zero-order valence-electron chi connectivity index (χ0n) is 22.3. The van der Waals surface area contributed by atoms with Crippen molar-refractivity contribution >= 4 is 23.2 Å². The van der Waals surface area contributed by atoms with Crippen LogP contribution in [0.4, 0.5) is 5.69 Å². The normalized spacial score (nSPS) is 15.3. The molecule has 1 aromatic heterocycles. The lowest BCUT2D eigenvalue weighted by atomic mass is 10.1. The van der Waals surface area contributed by atoms with Crippen molar-refractivity contribution in [1.29, 1.82) is 0 Å². The highest BCUT2D eigenvalue weighted by Gasteiger charge is 2.34. The second-order valence-corrected chi connectivity index (χ2v) is 9.68. The number of hydrogen-bond acceptors (Lipinski definition) is 6. The van der Waals surface area contributed by atoms with E-state index in [1.807, 2.05) is 35.4 Å². The molecule has 1 aliphatic rings. The first-order valence-corrected chi connectivity index (χ1v) is 13.1. The van der Waals surface area contributed by atoms with E-state index in [0.29, 0.717) is 47.6 Å². The molecule has 1 unspecified atom stereocenters. The number of methoxy groups -OCH3 is 2. The molecule has 7 nitrogen and oxygen atoms in total. The number of halogens is 1. The van der Waals surface area contributed by atoms with Crippen LogP contribution >= 0.6 is 11.6 Å². The zero-order valence-corrected chi connectivity index (χ0v) is 23.1. The molecule has 36 heavy (non-hydrogen) atoms. The number of carbonyl (C=O) groups excluding carboxylic acids is 1. The summed E-state index contributed by atoms with van der Waals surface area (Å²) >= 11 is 6.82. The molecule has 3 rings (SSSR count). The highest BCUT2D eigenvalue weighted by molar-refractivity contribution is 6.35. The summed E-state index contributed by atoms with van der Waals surface area (Å²) in [6.45, 7) is 10.5. The molecule has 1 aromatic carbocycles. The minimum atomic E-state index is -0.0564. The monoisotopic (exact) mass is 514 g/mol. The van der Waals surface area contributed by atoms with E-state index in [2.05, 4.69) is 48.7 Å². The van der Waals surface area contributed by atoms with E-state index in [4.69, 9.17) is 21.1 Å². The molecule has 0 fully saturated rings. The Balaban J connectivity index is 2.01. The van der Waals surface area contributed by atoms with Gasteiger partial charge in [0.15, 0.2) is 11.5 Å². The first-order valence-electron chi connectivity index (χ1n) is 12.7. The van der Waals surface area contributed by atoms with Crippen molar-refractivity contribution < 1.29 is 14.3 Å². The summed E-state index contributed by atoms with van der Waals surface area (Å²) < 4.78 is 11.0. The molecule has 0 saturated heterocycles. The van der Waals surface area contributed by atoms with E-state index in [1.54, 1.807) is 20.3 Å². The van der Waals surface area contributed by atoms with E-state index >= 15 is 0 Å². The predicted octanol–water partition coefficient (Wildman–Crippen LogP) is 5.94. The van der Waals surface area contributed by atoms with Crippen molar-refractivity contribution in [3.05, 3.63) is 59.1 Å². The standard InChI is InChI=1S/C28H39ClN4O3/c1-7-22-18-31(17-21-11-9-10-16-30-21)25(32(22)8-2)19-33(26(34)15-12-20(3)4)23-13-14-24(35-5)28(36-6)27(23)29/h9-11,13-14,16,18,20,25H,7-8,12,15,17,19H2,1-6H3. The van der Waals surface area contributed by atoms with E-state index in [1.165, 1.54) is 5.70 Å². The molecule has 2 aromatic rings. The maximum Gasteiger partial charge on any atom is 0.227 e. The molecule has 1 amide bonds. The molecular formula is C28H39ClN4O3. The number of allylic oxidation sites excluding steroid dienone is 1. The van der Waals surface area contributed by atoms with Crippen LogP contribution < -0.4 is 14.4 Å². The number of hydrogen-bond donors (Lipinski definition) is 0. The summed E-state index contributed by atoms with van der Waals surface area (Å²) in [7, 11) is 3.13. The second kappa shape index (κ2) is 12.9. The lowest BCUT2D eigenvalue weighted by molar-refractivity contribution is -0.119. The quantitative estimate of drug-likeness (QED) is 0.349. The highest BCUT2D eigenvalue weighted by atomic mass is 35.5. The topological polar surface area (TPSA) is 58.1 Å². The third kappa shape index (κ3) is 6.25. The van der Waals surface area contributed by atoms with Crippen molar-refractivity contribution in [2.75, 3.05) is 32.2 Å². The van der Waals surface area contributed by atoms with Gasteiger partial charge in [-0.3, -0.25) is 9.78 Å². The van der Waals surface area contributed by atoms with Gasteiger partial charge in [-0.2, -0.15) is 0 Å². The maximum atomic E-state index is 13.7. The Morgan fingerprint density at radius 3 is 2.53 bits per heavy atom. The smallest absolute Gasteiger partial charge is 0.227 e. The maximum absolute atomic E-state index is 13.7. The Hall–Kier alpha value is -2.93. The van der Waals surface area contributed by atoms with Crippen LogP contribution in [0.15, 0.2) is 48.4 Å². The van der Waals surface area contributed by atoms with E-state index in [0.717, 1.165) is 25.1 Å². The molecule has 0 N–H and O–H groups in total. The van der Waals surface area contributed by atoms with Gasteiger partial charge in [0.1, 0.15) is 11.2 Å². The fraction of sp³-hybridized carbons (Fsp3) is 0.500. The second-order valence-electron chi connectivity index (χ2n) is 9.31. The number of pyridine rings is 1. The van der Waals surface area contributed by atoms with Gasteiger partial charge >= 0.3 is 0 Å². The van der Waals surface area contributed by atoms with Crippen LogP contribution in [0.3, 0.4) is 0 Å². The SMILES string of the molecule is CCC1=CN(Cc2ccccn2)C(CN(C(=O)CCC(C)C)c2ccc(OC)c(OC)c2Cl)N1CC. The van der Waals surface area contributed by atoms with Crippen molar-refractivity contribution in [2.45, 2.75) is 59.7 Å². The van der Waals surface area contributed by atoms with Gasteiger partial charge in [-0.15, -0.1) is 0 Å². The minimum Gasteiger partial charge on any atom is -0.493 e. The Morgan fingerprint density at radius 2 is 1.94 bits per heavy atom. The van der Waals surface area contributed by atoms with Gasteiger partial charge in [0.25, 0.3) is 0 Å². The molecule has 0 spiro atoms. The van der Waals surface area contributed by atoms with Gasteiger partial charge in [0.2, 0.25) is 5.91 Å². The number of nitrogens with zero attached hydrogens (tertiary/aromatic N) is 4. The number of likely N-dealkylation sites (N-methyl/N-ethyl adjacent to an activating group) is 1. The average molecular weight is 515 g/mol. The van der Waals surface area contributed by atoms with Crippen molar-refractivity contribution in [3.63, 3.8) is 0 Å². The molecule has 0 saturated carbocycles. The van der Waals surface area contributed by atoms with Gasteiger partial charge in [-0.1, -0.05) is 38.4 Å². The summed E-state index contributed by atoms with van der Waals surface area (Å²) in [4.78, 5) is 24.7. The fourth-order valence-corrected chi connectivity index (χ4v) is 4.93. The Labute approximate surface area is 220 Å². The number of benzene rings is 1. The van der Waals surface area contributed by atoms with Crippen molar-refractivity contribution in [2.24, 2.45) is 5.92 Å². The first-order chi connectivity index (χ1) is 17.3. The summed E-state index contributed by atoms with van der Waals surface area (Å²) in [5, 5.41) is 0.371. The summed E-state index contributed by atoms with van der Waals surface area (Å²) in [6, 6.07) is 9.60. The lowest BCUT2D eigenvalue weighted by Crippen LogP contribution is -2.49. The first kappa shape index (κ1) is 27.7. The highest BCUT2D eigenvalue weighted by Crippen LogP contribution is 2.42. The van der Waals surface area contributed by atoms with E-state index < -0.39 is 0 Å². The van der Waals surface area contributed by atoms with E-state index in [-0.39, 0.29) is 12.1 Å². The third-order valence-electron chi connectivity index (χ3n) is 6.54. The number of aromatic nitrogens is 1.